The normalized spacial score (nSPS) is 17.4. The molecule has 1 saturated carbocycles. The number of imidazole rings is 1. The van der Waals surface area contributed by atoms with Crippen LogP contribution in [-0.4, -0.2) is 9.38 Å². The van der Waals surface area contributed by atoms with E-state index in [-0.39, 0.29) is 0 Å². The number of halogens is 1. The van der Waals surface area contributed by atoms with Crippen molar-refractivity contribution in [2.24, 2.45) is 5.92 Å². The molecule has 1 fully saturated rings. The lowest BCUT2D eigenvalue weighted by Crippen LogP contribution is -2.08. The van der Waals surface area contributed by atoms with Crippen LogP contribution >= 0.6 is 11.6 Å². The Kier molecular flexibility index (Phi) is 3.55. The first-order valence-electron chi connectivity index (χ1n) is 6.93. The molecule has 96 valence electrons. The summed E-state index contributed by atoms with van der Waals surface area (Å²) in [6.45, 7) is 0. The summed E-state index contributed by atoms with van der Waals surface area (Å²) in [6, 6.07) is 4.05. The van der Waals surface area contributed by atoms with E-state index < -0.39 is 0 Å². The molecule has 18 heavy (non-hydrogen) atoms. The van der Waals surface area contributed by atoms with E-state index in [0.29, 0.717) is 0 Å². The van der Waals surface area contributed by atoms with E-state index in [1.807, 2.05) is 18.6 Å². The van der Waals surface area contributed by atoms with Crippen molar-refractivity contribution in [2.45, 2.75) is 44.9 Å². The van der Waals surface area contributed by atoms with Crippen molar-refractivity contribution < 1.29 is 0 Å². The number of pyridine rings is 1. The molecule has 0 saturated heterocycles. The number of nitrogens with zero attached hydrogens (tertiary/aromatic N) is 2. The third kappa shape index (κ3) is 2.54. The smallest absolute Gasteiger partial charge is 0.0994 e. The maximum atomic E-state index is 6.16. The molecule has 0 unspecified atom stereocenters. The molecule has 2 heterocycles. The van der Waals surface area contributed by atoms with Gasteiger partial charge in [-0.2, -0.15) is 0 Å². The standard InChI is InChI=1S/C15H19ClN2/c16-13-8-14(18-11-17-10-15(18)9-13)7-6-12-4-2-1-3-5-12/h8-12H,1-7H2. The first kappa shape index (κ1) is 12.0. The average molecular weight is 263 g/mol. The fraction of sp³-hybridized carbons (Fsp3) is 0.533. The monoisotopic (exact) mass is 262 g/mol. The molecule has 3 rings (SSSR count). The number of hydrogen-bond donors (Lipinski definition) is 0. The van der Waals surface area contributed by atoms with E-state index >= 15 is 0 Å². The second-order valence-electron chi connectivity index (χ2n) is 5.40. The average Bonchev–Trinajstić information content (AvgIpc) is 2.85. The summed E-state index contributed by atoms with van der Waals surface area (Å²) in [5.41, 5.74) is 2.39. The lowest BCUT2D eigenvalue weighted by Gasteiger charge is -2.21. The summed E-state index contributed by atoms with van der Waals surface area (Å²) >= 11 is 6.16. The summed E-state index contributed by atoms with van der Waals surface area (Å²) in [7, 11) is 0. The van der Waals surface area contributed by atoms with Crippen LogP contribution in [0.15, 0.2) is 24.7 Å². The van der Waals surface area contributed by atoms with Crippen LogP contribution in [0.4, 0.5) is 0 Å². The van der Waals surface area contributed by atoms with Crippen molar-refractivity contribution in [3.8, 4) is 0 Å². The molecule has 3 heteroatoms. The van der Waals surface area contributed by atoms with Gasteiger partial charge in [-0.3, -0.25) is 0 Å². The number of fused-ring (bicyclic) bond motifs is 1. The Bertz CT molecular complexity index is 526. The molecule has 0 spiro atoms. The van der Waals surface area contributed by atoms with Crippen LogP contribution in [0, 0.1) is 5.92 Å². The lowest BCUT2D eigenvalue weighted by atomic mass is 9.86. The number of hydrogen-bond acceptors (Lipinski definition) is 1. The van der Waals surface area contributed by atoms with Gasteiger partial charge >= 0.3 is 0 Å². The van der Waals surface area contributed by atoms with Crippen LogP contribution in [0.5, 0.6) is 0 Å². The fourth-order valence-electron chi connectivity index (χ4n) is 3.08. The second-order valence-corrected chi connectivity index (χ2v) is 5.83. The van der Waals surface area contributed by atoms with E-state index in [9.17, 15) is 0 Å². The topological polar surface area (TPSA) is 17.3 Å². The first-order valence-corrected chi connectivity index (χ1v) is 7.31. The Hall–Kier alpha value is -1.02. The predicted molar refractivity (Wildman–Crippen MR) is 75.1 cm³/mol. The van der Waals surface area contributed by atoms with Crippen molar-refractivity contribution in [3.63, 3.8) is 0 Å². The molecule has 1 aliphatic carbocycles. The van der Waals surface area contributed by atoms with Gasteiger partial charge in [-0.25, -0.2) is 4.98 Å². The Morgan fingerprint density at radius 3 is 2.89 bits per heavy atom. The molecule has 0 bridgehead atoms. The van der Waals surface area contributed by atoms with Crippen molar-refractivity contribution in [1.29, 1.82) is 0 Å². The molecule has 0 N–H and O–H groups in total. The Balaban J connectivity index is 1.75. The van der Waals surface area contributed by atoms with Crippen LogP contribution in [0.25, 0.3) is 5.52 Å². The third-order valence-corrected chi connectivity index (χ3v) is 4.32. The van der Waals surface area contributed by atoms with Crippen molar-refractivity contribution in [2.75, 3.05) is 0 Å². The maximum Gasteiger partial charge on any atom is 0.0994 e. The van der Waals surface area contributed by atoms with Gasteiger partial charge in [-0.15, -0.1) is 0 Å². The van der Waals surface area contributed by atoms with Crippen LogP contribution in [0.3, 0.4) is 0 Å². The largest absolute Gasteiger partial charge is 0.303 e. The summed E-state index contributed by atoms with van der Waals surface area (Å²) in [4.78, 5) is 4.20. The van der Waals surface area contributed by atoms with E-state index in [4.69, 9.17) is 11.6 Å². The Morgan fingerprint density at radius 2 is 2.06 bits per heavy atom. The number of aryl methyl sites for hydroxylation is 1. The van der Waals surface area contributed by atoms with Gasteiger partial charge in [0.15, 0.2) is 0 Å². The Morgan fingerprint density at radius 1 is 1.22 bits per heavy atom. The van der Waals surface area contributed by atoms with Gasteiger partial charge in [0.1, 0.15) is 0 Å². The molecule has 0 aliphatic heterocycles. The molecular formula is C15H19ClN2. The van der Waals surface area contributed by atoms with Gasteiger partial charge in [0.25, 0.3) is 0 Å². The first-order chi connectivity index (χ1) is 8.83. The predicted octanol–water partition coefficient (Wildman–Crippen LogP) is 4.50. The molecule has 0 atom stereocenters. The lowest BCUT2D eigenvalue weighted by molar-refractivity contribution is 0.338. The summed E-state index contributed by atoms with van der Waals surface area (Å²) in [6.07, 6.45) is 13.2. The molecule has 2 aromatic rings. The molecule has 2 nitrogen and oxygen atoms in total. The summed E-state index contributed by atoms with van der Waals surface area (Å²) < 4.78 is 2.16. The molecule has 1 aliphatic rings. The highest BCUT2D eigenvalue weighted by Crippen LogP contribution is 2.28. The third-order valence-electron chi connectivity index (χ3n) is 4.10. The highest BCUT2D eigenvalue weighted by Gasteiger charge is 2.14. The zero-order valence-electron chi connectivity index (χ0n) is 10.6. The highest BCUT2D eigenvalue weighted by atomic mass is 35.5. The molecule has 0 radical (unpaired) electrons. The number of aromatic nitrogens is 2. The molecule has 0 amide bonds. The van der Waals surface area contributed by atoms with E-state index in [1.54, 1.807) is 0 Å². The zero-order chi connectivity index (χ0) is 12.4. The van der Waals surface area contributed by atoms with E-state index in [0.717, 1.165) is 22.9 Å². The van der Waals surface area contributed by atoms with Gasteiger partial charge < -0.3 is 4.40 Å². The molecule has 2 aromatic heterocycles. The molecule has 0 aromatic carbocycles. The minimum Gasteiger partial charge on any atom is -0.303 e. The van der Waals surface area contributed by atoms with Crippen LogP contribution < -0.4 is 0 Å². The van der Waals surface area contributed by atoms with Crippen molar-refractivity contribution >= 4 is 17.1 Å². The Labute approximate surface area is 113 Å². The quantitative estimate of drug-likeness (QED) is 0.796. The minimum absolute atomic E-state index is 0.821. The van der Waals surface area contributed by atoms with Gasteiger partial charge in [0.2, 0.25) is 0 Å². The second kappa shape index (κ2) is 5.31. The summed E-state index contributed by atoms with van der Waals surface area (Å²) in [5.74, 6) is 0.913. The van der Waals surface area contributed by atoms with Crippen LogP contribution in [-0.2, 0) is 6.42 Å². The van der Waals surface area contributed by atoms with Gasteiger partial charge in [0, 0.05) is 10.7 Å². The van der Waals surface area contributed by atoms with Crippen LogP contribution in [0.2, 0.25) is 5.02 Å². The van der Waals surface area contributed by atoms with Gasteiger partial charge in [-0.1, -0.05) is 43.7 Å². The number of rotatable bonds is 3. The highest BCUT2D eigenvalue weighted by molar-refractivity contribution is 6.30. The van der Waals surface area contributed by atoms with E-state index in [2.05, 4.69) is 15.5 Å². The van der Waals surface area contributed by atoms with Crippen LogP contribution in [0.1, 0.15) is 44.2 Å². The van der Waals surface area contributed by atoms with Gasteiger partial charge in [0.05, 0.1) is 18.0 Å². The maximum absolute atomic E-state index is 6.16. The van der Waals surface area contributed by atoms with Gasteiger partial charge in [-0.05, 0) is 30.9 Å². The zero-order valence-corrected chi connectivity index (χ0v) is 11.4. The minimum atomic E-state index is 0.821. The SMILES string of the molecule is Clc1cc(CCC2CCCCC2)n2cncc2c1. The fourth-order valence-corrected chi connectivity index (χ4v) is 3.32. The van der Waals surface area contributed by atoms with Crippen molar-refractivity contribution in [3.05, 3.63) is 35.4 Å². The van der Waals surface area contributed by atoms with Crippen molar-refractivity contribution in [1.82, 2.24) is 9.38 Å². The summed E-state index contributed by atoms with van der Waals surface area (Å²) in [5, 5.41) is 0.821. The van der Waals surface area contributed by atoms with E-state index in [1.165, 1.54) is 44.2 Å². The molecular weight excluding hydrogens is 244 g/mol.